The summed E-state index contributed by atoms with van der Waals surface area (Å²) in [4.78, 5) is 25.3. The monoisotopic (exact) mass is 531 g/mol. The minimum atomic E-state index is -0.533. The average Bonchev–Trinajstić information content (AvgIpc) is 3.36. The number of aromatic nitrogens is 5. The Bertz CT molecular complexity index is 1560. The van der Waals surface area contributed by atoms with E-state index < -0.39 is 5.95 Å². The molecular weight excluding hydrogens is 505 g/mol. The van der Waals surface area contributed by atoms with Crippen LogP contribution in [-0.4, -0.2) is 50.3 Å². The van der Waals surface area contributed by atoms with Gasteiger partial charge in [-0.3, -0.25) is 4.79 Å². The van der Waals surface area contributed by atoms with E-state index >= 15 is 0 Å². The molecule has 0 aliphatic heterocycles. The van der Waals surface area contributed by atoms with Gasteiger partial charge in [0.25, 0.3) is 6.47 Å². The summed E-state index contributed by atoms with van der Waals surface area (Å²) in [7, 11) is 3.20. The standard InChI is InChI=1S/C27H24FN5O3.CH2O2/c1-17(20-5-7-26(35-3)30-13-20)36-23-6-4-18(10-24(23)34-2)15-33-16-32-22-11-21(14-31-27(22)33)19-8-9-29-25(28)12-19;2-1-3/h4-14,16-17H,15H2,1-3H3;1H,(H,2,3). The fourth-order valence-electron chi connectivity index (χ4n) is 3.92. The number of rotatable bonds is 8. The molecule has 1 unspecified atom stereocenters. The number of pyridine rings is 3. The van der Waals surface area contributed by atoms with E-state index in [1.807, 2.05) is 41.8 Å². The molecule has 39 heavy (non-hydrogen) atoms. The molecule has 0 aliphatic carbocycles. The van der Waals surface area contributed by atoms with E-state index in [1.54, 1.807) is 45.1 Å². The Labute approximate surface area is 223 Å². The molecule has 0 radical (unpaired) electrons. The Morgan fingerprint density at radius 3 is 2.46 bits per heavy atom. The van der Waals surface area contributed by atoms with Crippen molar-refractivity contribution in [2.45, 2.75) is 19.6 Å². The van der Waals surface area contributed by atoms with E-state index in [0.29, 0.717) is 29.5 Å². The van der Waals surface area contributed by atoms with Gasteiger partial charge in [0.15, 0.2) is 17.1 Å². The zero-order valence-electron chi connectivity index (χ0n) is 21.5. The molecule has 0 saturated heterocycles. The van der Waals surface area contributed by atoms with Gasteiger partial charge < -0.3 is 23.9 Å². The first-order valence-electron chi connectivity index (χ1n) is 11.8. The summed E-state index contributed by atoms with van der Waals surface area (Å²) in [5.74, 6) is 1.28. The normalized spacial score (nSPS) is 11.3. The van der Waals surface area contributed by atoms with Gasteiger partial charge in [-0.2, -0.15) is 4.39 Å². The van der Waals surface area contributed by atoms with Gasteiger partial charge >= 0.3 is 0 Å². The Hall–Kier alpha value is -5.06. The van der Waals surface area contributed by atoms with E-state index in [-0.39, 0.29) is 12.6 Å². The first-order valence-corrected chi connectivity index (χ1v) is 11.8. The van der Waals surface area contributed by atoms with Crippen LogP contribution in [0.15, 0.2) is 73.4 Å². The number of halogens is 1. The molecule has 1 atom stereocenters. The second kappa shape index (κ2) is 12.5. The summed E-state index contributed by atoms with van der Waals surface area (Å²) in [6, 6.07) is 14.5. The third kappa shape index (κ3) is 6.45. The lowest BCUT2D eigenvalue weighted by Gasteiger charge is -2.18. The summed E-state index contributed by atoms with van der Waals surface area (Å²) in [6.07, 6.45) is 6.39. The molecule has 0 aliphatic rings. The van der Waals surface area contributed by atoms with E-state index in [1.165, 1.54) is 12.3 Å². The molecule has 200 valence electrons. The molecule has 1 aromatic carbocycles. The molecule has 4 aromatic heterocycles. The van der Waals surface area contributed by atoms with Crippen LogP contribution in [0.4, 0.5) is 4.39 Å². The fraction of sp³-hybridized carbons (Fsp3) is 0.179. The van der Waals surface area contributed by atoms with Crippen LogP contribution in [0.5, 0.6) is 17.4 Å². The fourth-order valence-corrected chi connectivity index (χ4v) is 3.92. The second-order valence-electron chi connectivity index (χ2n) is 8.29. The highest BCUT2D eigenvalue weighted by Gasteiger charge is 2.14. The van der Waals surface area contributed by atoms with Crippen LogP contribution in [0.3, 0.4) is 0 Å². The van der Waals surface area contributed by atoms with Gasteiger partial charge in [0, 0.05) is 41.9 Å². The number of ether oxygens (including phenoxy) is 3. The lowest BCUT2D eigenvalue weighted by Crippen LogP contribution is -2.06. The summed E-state index contributed by atoms with van der Waals surface area (Å²) in [6.45, 7) is 2.25. The predicted octanol–water partition coefficient (Wildman–Crippen LogP) is 4.93. The molecule has 1 N–H and O–H groups in total. The molecule has 10 nitrogen and oxygen atoms in total. The number of fused-ring (bicyclic) bond motifs is 1. The minimum Gasteiger partial charge on any atom is -0.493 e. The highest BCUT2D eigenvalue weighted by Crippen LogP contribution is 2.33. The van der Waals surface area contributed by atoms with Crippen molar-refractivity contribution in [3.8, 4) is 28.5 Å². The van der Waals surface area contributed by atoms with Crippen molar-refractivity contribution in [1.82, 2.24) is 24.5 Å². The van der Waals surface area contributed by atoms with Crippen LogP contribution in [-0.2, 0) is 11.3 Å². The molecule has 0 bridgehead atoms. The molecule has 4 heterocycles. The molecule has 5 aromatic rings. The highest BCUT2D eigenvalue weighted by molar-refractivity contribution is 5.78. The van der Waals surface area contributed by atoms with E-state index in [4.69, 9.17) is 24.1 Å². The minimum absolute atomic E-state index is 0.229. The molecule has 0 saturated carbocycles. The smallest absolute Gasteiger partial charge is 0.290 e. The van der Waals surface area contributed by atoms with Crippen LogP contribution in [0.2, 0.25) is 0 Å². The van der Waals surface area contributed by atoms with Crippen molar-refractivity contribution in [3.05, 3.63) is 90.5 Å². The van der Waals surface area contributed by atoms with E-state index in [2.05, 4.69) is 19.9 Å². The molecule has 0 spiro atoms. The Morgan fingerprint density at radius 2 is 1.77 bits per heavy atom. The van der Waals surface area contributed by atoms with Gasteiger partial charge in [-0.15, -0.1) is 0 Å². The maximum Gasteiger partial charge on any atom is 0.290 e. The van der Waals surface area contributed by atoms with Gasteiger partial charge in [0.05, 0.1) is 27.1 Å². The lowest BCUT2D eigenvalue weighted by molar-refractivity contribution is -0.122. The predicted molar refractivity (Wildman–Crippen MR) is 141 cm³/mol. The summed E-state index contributed by atoms with van der Waals surface area (Å²) >= 11 is 0. The number of methoxy groups -OCH3 is 2. The Kier molecular flexibility index (Phi) is 8.62. The van der Waals surface area contributed by atoms with E-state index in [0.717, 1.165) is 27.9 Å². The molecular formula is C28H26FN5O5. The van der Waals surface area contributed by atoms with Crippen molar-refractivity contribution >= 4 is 17.6 Å². The van der Waals surface area contributed by atoms with Gasteiger partial charge in [-0.1, -0.05) is 6.07 Å². The topological polar surface area (TPSA) is 121 Å². The van der Waals surface area contributed by atoms with E-state index in [9.17, 15) is 4.39 Å². The van der Waals surface area contributed by atoms with Crippen LogP contribution < -0.4 is 14.2 Å². The third-order valence-corrected chi connectivity index (χ3v) is 5.84. The molecule has 5 rings (SSSR count). The quantitative estimate of drug-likeness (QED) is 0.219. The Morgan fingerprint density at radius 1 is 0.949 bits per heavy atom. The van der Waals surface area contributed by atoms with Gasteiger partial charge in [-0.05, 0) is 48.4 Å². The number of carbonyl (C=O) groups is 1. The lowest BCUT2D eigenvalue weighted by atomic mass is 10.1. The second-order valence-corrected chi connectivity index (χ2v) is 8.29. The van der Waals surface area contributed by atoms with Crippen molar-refractivity contribution < 1.29 is 28.5 Å². The maximum atomic E-state index is 13.5. The molecule has 0 amide bonds. The van der Waals surface area contributed by atoms with Crippen LogP contribution in [0, 0.1) is 5.95 Å². The first-order chi connectivity index (χ1) is 18.9. The summed E-state index contributed by atoms with van der Waals surface area (Å²) < 4.78 is 32.3. The van der Waals surface area contributed by atoms with Crippen molar-refractivity contribution in [2.75, 3.05) is 14.2 Å². The molecule has 11 heteroatoms. The van der Waals surface area contributed by atoms with Crippen LogP contribution in [0.1, 0.15) is 24.2 Å². The zero-order valence-corrected chi connectivity index (χ0v) is 21.5. The highest BCUT2D eigenvalue weighted by atomic mass is 19.1. The van der Waals surface area contributed by atoms with Crippen molar-refractivity contribution in [2.24, 2.45) is 0 Å². The van der Waals surface area contributed by atoms with Crippen LogP contribution >= 0.6 is 0 Å². The number of nitrogens with zero attached hydrogens (tertiary/aromatic N) is 5. The van der Waals surface area contributed by atoms with Crippen LogP contribution in [0.25, 0.3) is 22.3 Å². The van der Waals surface area contributed by atoms with Gasteiger partial charge in [0.2, 0.25) is 11.8 Å². The largest absolute Gasteiger partial charge is 0.493 e. The summed E-state index contributed by atoms with van der Waals surface area (Å²) in [5, 5.41) is 6.89. The first kappa shape index (κ1) is 27.0. The Balaban J connectivity index is 0.00000112. The van der Waals surface area contributed by atoms with Crippen molar-refractivity contribution in [3.63, 3.8) is 0 Å². The number of hydrogen-bond donors (Lipinski definition) is 1. The molecule has 0 fully saturated rings. The van der Waals surface area contributed by atoms with Crippen molar-refractivity contribution in [1.29, 1.82) is 0 Å². The SMILES string of the molecule is COc1ccc(C(C)Oc2ccc(Cn3cnc4cc(-c5ccnc(F)c5)cnc43)cc2OC)cn1.O=CO. The number of imidazole rings is 1. The number of carboxylic acid groups (broad SMARTS) is 1. The van der Waals surface area contributed by atoms with Gasteiger partial charge in [0.1, 0.15) is 11.6 Å². The third-order valence-electron chi connectivity index (χ3n) is 5.84. The maximum absolute atomic E-state index is 13.5. The zero-order chi connectivity index (χ0) is 27.8. The van der Waals surface area contributed by atoms with Gasteiger partial charge in [-0.25, -0.2) is 19.9 Å². The average molecular weight is 532 g/mol. The number of hydrogen-bond acceptors (Lipinski definition) is 8. The summed E-state index contributed by atoms with van der Waals surface area (Å²) in [5.41, 5.74) is 4.85. The number of benzene rings is 1.